The van der Waals surface area contributed by atoms with Crippen LogP contribution in [0.15, 0.2) is 34.9 Å². The third kappa shape index (κ3) is 2.88. The molecule has 17 heavy (non-hydrogen) atoms. The van der Waals surface area contributed by atoms with Gasteiger partial charge in [-0.3, -0.25) is 0 Å². The van der Waals surface area contributed by atoms with Crippen molar-refractivity contribution in [3.05, 3.63) is 53.0 Å². The summed E-state index contributed by atoms with van der Waals surface area (Å²) in [6.45, 7) is 5.01. The Hall–Kier alpha value is -1.74. The van der Waals surface area contributed by atoms with Crippen LogP contribution >= 0.6 is 0 Å². The van der Waals surface area contributed by atoms with E-state index in [0.29, 0.717) is 13.2 Å². The lowest BCUT2D eigenvalue weighted by molar-refractivity contribution is 0.302. The van der Waals surface area contributed by atoms with Gasteiger partial charge in [-0.05, 0) is 43.2 Å². The van der Waals surface area contributed by atoms with Gasteiger partial charge in [0.25, 0.3) is 0 Å². The van der Waals surface area contributed by atoms with Crippen LogP contribution in [0.25, 0.3) is 0 Å². The van der Waals surface area contributed by atoms with Gasteiger partial charge in [0.2, 0.25) is 0 Å². The van der Waals surface area contributed by atoms with Crippen molar-refractivity contribution in [1.82, 2.24) is 0 Å². The van der Waals surface area contributed by atoms with E-state index >= 15 is 0 Å². The number of hydrogen-bond acceptors (Lipinski definition) is 3. The number of hydrogen-bond donors (Lipinski definition) is 1. The van der Waals surface area contributed by atoms with Gasteiger partial charge in [0.05, 0.1) is 12.8 Å². The molecule has 0 radical (unpaired) electrons. The molecule has 1 aromatic carbocycles. The lowest BCUT2D eigenvalue weighted by atomic mass is 10.1. The van der Waals surface area contributed by atoms with Crippen molar-refractivity contribution >= 4 is 0 Å². The summed E-state index contributed by atoms with van der Waals surface area (Å²) in [7, 11) is 0. The van der Waals surface area contributed by atoms with E-state index < -0.39 is 0 Å². The Morgan fingerprint density at radius 1 is 1.18 bits per heavy atom. The Bertz CT molecular complexity index is 482. The molecule has 0 amide bonds. The fourth-order valence-corrected chi connectivity index (χ4v) is 1.85. The summed E-state index contributed by atoms with van der Waals surface area (Å²) in [5.74, 6) is 1.67. The molecule has 2 aromatic rings. The molecule has 0 saturated carbocycles. The molecule has 0 saturated heterocycles. The smallest absolute Gasteiger partial charge is 0.123 e. The molecule has 90 valence electrons. The summed E-state index contributed by atoms with van der Waals surface area (Å²) >= 11 is 0. The zero-order valence-corrected chi connectivity index (χ0v) is 10.2. The molecule has 1 heterocycles. The van der Waals surface area contributed by atoms with Gasteiger partial charge in [-0.1, -0.05) is 6.07 Å². The predicted octanol–water partition coefficient (Wildman–Crippen LogP) is 2.93. The second-order valence-corrected chi connectivity index (χ2v) is 4.19. The van der Waals surface area contributed by atoms with Crippen LogP contribution in [0.2, 0.25) is 0 Å². The van der Waals surface area contributed by atoms with Gasteiger partial charge >= 0.3 is 0 Å². The van der Waals surface area contributed by atoms with Crippen LogP contribution in [0.3, 0.4) is 0 Å². The number of rotatable bonds is 4. The summed E-state index contributed by atoms with van der Waals surface area (Å²) < 4.78 is 11.0. The van der Waals surface area contributed by atoms with Crippen molar-refractivity contribution in [2.45, 2.75) is 27.0 Å². The molecule has 0 bridgehead atoms. The highest BCUT2D eigenvalue weighted by atomic mass is 16.5. The number of nitrogens with two attached hydrogens (primary N) is 1. The molecule has 0 fully saturated rings. The average molecular weight is 231 g/mol. The number of furan rings is 1. The molecule has 0 spiro atoms. The fraction of sp³-hybridized carbons (Fsp3) is 0.286. The Balaban J connectivity index is 2.07. The van der Waals surface area contributed by atoms with Crippen molar-refractivity contribution in [2.75, 3.05) is 0 Å². The maximum atomic E-state index is 5.74. The quantitative estimate of drug-likeness (QED) is 0.880. The monoisotopic (exact) mass is 231 g/mol. The van der Waals surface area contributed by atoms with Crippen LogP contribution in [0.4, 0.5) is 0 Å². The first kappa shape index (κ1) is 11.7. The Kier molecular flexibility index (Phi) is 3.49. The standard InChI is InChI=1S/C14H17NO2/c1-10-5-11(2)7-13(6-10)17-9-12-3-4-16-14(12)8-15/h3-7H,8-9,15H2,1-2H3. The van der Waals surface area contributed by atoms with Crippen LogP contribution in [0.1, 0.15) is 22.5 Å². The summed E-state index contributed by atoms with van der Waals surface area (Å²) in [6, 6.07) is 8.06. The third-order valence-electron chi connectivity index (χ3n) is 2.61. The van der Waals surface area contributed by atoms with E-state index in [9.17, 15) is 0 Å². The largest absolute Gasteiger partial charge is 0.489 e. The Morgan fingerprint density at radius 3 is 2.53 bits per heavy atom. The average Bonchev–Trinajstić information content (AvgIpc) is 2.72. The van der Waals surface area contributed by atoms with E-state index in [-0.39, 0.29) is 0 Å². The molecule has 3 heteroatoms. The van der Waals surface area contributed by atoms with Crippen molar-refractivity contribution < 1.29 is 9.15 Å². The summed E-state index contributed by atoms with van der Waals surface area (Å²) in [4.78, 5) is 0. The Morgan fingerprint density at radius 2 is 1.88 bits per heavy atom. The van der Waals surface area contributed by atoms with E-state index in [0.717, 1.165) is 17.1 Å². The van der Waals surface area contributed by atoms with Gasteiger partial charge < -0.3 is 14.9 Å². The van der Waals surface area contributed by atoms with Gasteiger partial charge in [-0.25, -0.2) is 0 Å². The first-order valence-corrected chi connectivity index (χ1v) is 5.65. The summed E-state index contributed by atoms with van der Waals surface area (Å²) in [6.07, 6.45) is 1.64. The van der Waals surface area contributed by atoms with Gasteiger partial charge in [0, 0.05) is 5.56 Å². The fourth-order valence-electron chi connectivity index (χ4n) is 1.85. The van der Waals surface area contributed by atoms with Crippen molar-refractivity contribution in [3.63, 3.8) is 0 Å². The molecule has 3 nitrogen and oxygen atoms in total. The molecular formula is C14H17NO2. The molecule has 0 atom stereocenters. The topological polar surface area (TPSA) is 48.4 Å². The van der Waals surface area contributed by atoms with Crippen LogP contribution in [0.5, 0.6) is 5.75 Å². The van der Waals surface area contributed by atoms with E-state index in [4.69, 9.17) is 14.9 Å². The first-order chi connectivity index (χ1) is 8.19. The van der Waals surface area contributed by atoms with Gasteiger partial charge in [0.15, 0.2) is 0 Å². The zero-order valence-electron chi connectivity index (χ0n) is 10.2. The van der Waals surface area contributed by atoms with Crippen LogP contribution in [-0.4, -0.2) is 0 Å². The second-order valence-electron chi connectivity index (χ2n) is 4.19. The lowest BCUT2D eigenvalue weighted by Gasteiger charge is -2.08. The molecule has 0 aliphatic rings. The third-order valence-corrected chi connectivity index (χ3v) is 2.61. The van der Waals surface area contributed by atoms with Crippen molar-refractivity contribution in [2.24, 2.45) is 5.73 Å². The van der Waals surface area contributed by atoms with Crippen molar-refractivity contribution in [3.8, 4) is 5.75 Å². The van der Waals surface area contributed by atoms with Gasteiger partial charge in [0.1, 0.15) is 18.1 Å². The van der Waals surface area contributed by atoms with Crippen molar-refractivity contribution in [1.29, 1.82) is 0 Å². The molecule has 2 N–H and O–H groups in total. The minimum absolute atomic E-state index is 0.401. The molecule has 1 aromatic heterocycles. The van der Waals surface area contributed by atoms with E-state index in [1.165, 1.54) is 11.1 Å². The second kappa shape index (κ2) is 5.06. The highest BCUT2D eigenvalue weighted by Crippen LogP contribution is 2.19. The summed E-state index contributed by atoms with van der Waals surface area (Å²) in [5.41, 5.74) is 8.97. The SMILES string of the molecule is Cc1cc(C)cc(OCc2ccoc2CN)c1. The van der Waals surface area contributed by atoms with Crippen LogP contribution in [0, 0.1) is 13.8 Å². The first-order valence-electron chi connectivity index (χ1n) is 5.65. The molecule has 2 rings (SSSR count). The summed E-state index contributed by atoms with van der Waals surface area (Å²) in [5, 5.41) is 0. The van der Waals surface area contributed by atoms with E-state index in [1.54, 1.807) is 6.26 Å². The molecule has 0 aliphatic heterocycles. The van der Waals surface area contributed by atoms with Crippen LogP contribution < -0.4 is 10.5 Å². The number of benzene rings is 1. The number of ether oxygens (including phenoxy) is 1. The van der Waals surface area contributed by atoms with E-state index in [1.807, 2.05) is 18.2 Å². The molecule has 0 unspecified atom stereocenters. The maximum Gasteiger partial charge on any atom is 0.123 e. The Labute approximate surface area is 101 Å². The highest BCUT2D eigenvalue weighted by Gasteiger charge is 2.05. The normalized spacial score (nSPS) is 10.5. The highest BCUT2D eigenvalue weighted by molar-refractivity contribution is 5.33. The van der Waals surface area contributed by atoms with Crippen LogP contribution in [-0.2, 0) is 13.2 Å². The minimum atomic E-state index is 0.401. The molecular weight excluding hydrogens is 214 g/mol. The van der Waals surface area contributed by atoms with Gasteiger partial charge in [-0.2, -0.15) is 0 Å². The molecule has 0 aliphatic carbocycles. The minimum Gasteiger partial charge on any atom is -0.489 e. The predicted molar refractivity (Wildman–Crippen MR) is 66.8 cm³/mol. The maximum absolute atomic E-state index is 5.74. The van der Waals surface area contributed by atoms with Gasteiger partial charge in [-0.15, -0.1) is 0 Å². The zero-order chi connectivity index (χ0) is 12.3. The van der Waals surface area contributed by atoms with E-state index in [2.05, 4.69) is 19.9 Å². The lowest BCUT2D eigenvalue weighted by Crippen LogP contribution is -2.02. The number of aryl methyl sites for hydroxylation is 2.